The minimum atomic E-state index is -2.91. The Morgan fingerprint density at radius 3 is 2.65 bits per heavy atom. The van der Waals surface area contributed by atoms with Crippen molar-refractivity contribution >= 4 is 5.95 Å². The number of benzene rings is 2. The first-order valence-corrected chi connectivity index (χ1v) is 8.07. The van der Waals surface area contributed by atoms with E-state index < -0.39 is 6.61 Å². The van der Waals surface area contributed by atoms with Crippen molar-refractivity contribution in [2.45, 2.75) is 25.1 Å². The van der Waals surface area contributed by atoms with Crippen LogP contribution in [0.2, 0.25) is 0 Å². The fourth-order valence-electron chi connectivity index (χ4n) is 3.26. The number of halogens is 3. The molecule has 2 heterocycles. The largest absolute Gasteiger partial charge is 0.434 e. The summed E-state index contributed by atoms with van der Waals surface area (Å²) in [4.78, 5) is 4.19. The first-order chi connectivity index (χ1) is 12.6. The van der Waals surface area contributed by atoms with Gasteiger partial charge in [-0.15, -0.1) is 0 Å². The van der Waals surface area contributed by atoms with E-state index in [4.69, 9.17) is 0 Å². The number of hydrogen-bond acceptors (Lipinski definition) is 4. The summed E-state index contributed by atoms with van der Waals surface area (Å²) < 4.78 is 45.1. The highest BCUT2D eigenvalue weighted by Gasteiger charge is 2.31. The van der Waals surface area contributed by atoms with Crippen LogP contribution >= 0.6 is 0 Å². The number of aromatic nitrogens is 3. The third kappa shape index (κ3) is 3.10. The van der Waals surface area contributed by atoms with Crippen LogP contribution in [0.3, 0.4) is 0 Å². The van der Waals surface area contributed by atoms with Gasteiger partial charge in [0.2, 0.25) is 5.95 Å². The molecule has 3 aromatic rings. The van der Waals surface area contributed by atoms with Crippen LogP contribution < -0.4 is 10.1 Å². The zero-order valence-corrected chi connectivity index (χ0v) is 13.5. The molecule has 0 saturated heterocycles. The molecule has 0 unspecified atom stereocenters. The lowest BCUT2D eigenvalue weighted by Crippen LogP contribution is -2.28. The SMILES string of the molecule is Fc1ccc([C@H]2C[C@H](c3ccccc3OC(F)F)Nc3ncnn32)cc1. The van der Waals surface area contributed by atoms with Gasteiger partial charge < -0.3 is 10.1 Å². The van der Waals surface area contributed by atoms with Gasteiger partial charge in [0, 0.05) is 5.56 Å². The van der Waals surface area contributed by atoms with Crippen molar-refractivity contribution in [3.63, 3.8) is 0 Å². The minimum absolute atomic E-state index is 0.117. The molecule has 1 N–H and O–H groups in total. The Morgan fingerprint density at radius 1 is 1.12 bits per heavy atom. The molecule has 0 bridgehead atoms. The number of nitrogens with one attached hydrogen (secondary N) is 1. The predicted molar refractivity (Wildman–Crippen MR) is 88.6 cm³/mol. The van der Waals surface area contributed by atoms with E-state index >= 15 is 0 Å². The van der Waals surface area contributed by atoms with Crippen LogP contribution in [0.4, 0.5) is 19.1 Å². The molecule has 5 nitrogen and oxygen atoms in total. The Bertz CT molecular complexity index is 897. The Kier molecular flexibility index (Phi) is 4.24. The molecule has 4 rings (SSSR count). The fourth-order valence-corrected chi connectivity index (χ4v) is 3.26. The molecule has 1 aliphatic heterocycles. The second kappa shape index (κ2) is 6.70. The topological polar surface area (TPSA) is 52.0 Å². The van der Waals surface area contributed by atoms with Crippen molar-refractivity contribution in [3.8, 4) is 5.75 Å². The second-order valence-electron chi connectivity index (χ2n) is 5.94. The summed E-state index contributed by atoms with van der Waals surface area (Å²) in [5, 5.41) is 7.44. The molecule has 0 aliphatic carbocycles. The van der Waals surface area contributed by atoms with Crippen molar-refractivity contribution < 1.29 is 17.9 Å². The van der Waals surface area contributed by atoms with Crippen molar-refractivity contribution in [2.24, 2.45) is 0 Å². The van der Waals surface area contributed by atoms with Crippen molar-refractivity contribution in [1.29, 1.82) is 0 Å². The fraction of sp³-hybridized carbons (Fsp3) is 0.222. The molecule has 0 spiro atoms. The zero-order valence-electron chi connectivity index (χ0n) is 13.5. The molecule has 1 aliphatic rings. The summed E-state index contributed by atoms with van der Waals surface area (Å²) in [7, 11) is 0. The number of rotatable bonds is 4. The maximum absolute atomic E-state index is 13.3. The van der Waals surface area contributed by atoms with Crippen LogP contribution in [0.5, 0.6) is 5.75 Å². The van der Waals surface area contributed by atoms with Crippen LogP contribution in [0.25, 0.3) is 0 Å². The van der Waals surface area contributed by atoms with Gasteiger partial charge >= 0.3 is 6.61 Å². The molecule has 26 heavy (non-hydrogen) atoms. The lowest BCUT2D eigenvalue weighted by molar-refractivity contribution is -0.0506. The average molecular weight is 360 g/mol. The van der Waals surface area contributed by atoms with Gasteiger partial charge in [0.15, 0.2) is 0 Å². The van der Waals surface area contributed by atoms with Crippen LogP contribution in [-0.4, -0.2) is 21.4 Å². The molecule has 2 atom stereocenters. The van der Waals surface area contributed by atoms with Gasteiger partial charge in [-0.05, 0) is 30.2 Å². The first kappa shape index (κ1) is 16.4. The Hall–Kier alpha value is -3.03. The van der Waals surface area contributed by atoms with E-state index in [9.17, 15) is 13.2 Å². The van der Waals surface area contributed by atoms with Crippen LogP contribution in [-0.2, 0) is 0 Å². The van der Waals surface area contributed by atoms with E-state index in [0.29, 0.717) is 17.9 Å². The molecule has 134 valence electrons. The Balaban J connectivity index is 1.71. The van der Waals surface area contributed by atoms with Gasteiger partial charge in [0.25, 0.3) is 0 Å². The van der Waals surface area contributed by atoms with Gasteiger partial charge in [0.1, 0.15) is 17.9 Å². The highest BCUT2D eigenvalue weighted by molar-refractivity contribution is 5.43. The average Bonchev–Trinajstić information content (AvgIpc) is 3.10. The van der Waals surface area contributed by atoms with Crippen molar-refractivity contribution in [2.75, 3.05) is 5.32 Å². The van der Waals surface area contributed by atoms with Crippen LogP contribution in [0, 0.1) is 5.82 Å². The summed E-state index contributed by atoms with van der Waals surface area (Å²) in [5.74, 6) is 0.307. The quantitative estimate of drug-likeness (QED) is 0.759. The lowest BCUT2D eigenvalue weighted by Gasteiger charge is -2.32. The van der Waals surface area contributed by atoms with E-state index in [1.54, 1.807) is 35.0 Å². The third-order valence-corrected chi connectivity index (χ3v) is 4.40. The minimum Gasteiger partial charge on any atom is -0.434 e. The van der Waals surface area contributed by atoms with Crippen molar-refractivity contribution in [1.82, 2.24) is 14.8 Å². The molecular formula is C18H15F3N4O. The molecule has 0 radical (unpaired) electrons. The normalized spacial score (nSPS) is 19.1. The van der Waals surface area contributed by atoms with E-state index in [-0.39, 0.29) is 23.7 Å². The van der Waals surface area contributed by atoms with Crippen molar-refractivity contribution in [3.05, 3.63) is 71.8 Å². The standard InChI is InChI=1S/C18H15F3N4O/c19-12-7-5-11(6-8-12)15-9-14(24-18-22-10-23-25(15)18)13-3-1-2-4-16(13)26-17(20)21/h1-8,10,14-15,17H,9H2,(H,22,23,24)/t14-,15-/m1/s1. The van der Waals surface area contributed by atoms with Crippen LogP contribution in [0.1, 0.15) is 29.6 Å². The second-order valence-corrected chi connectivity index (χ2v) is 5.94. The van der Waals surface area contributed by atoms with E-state index in [1.807, 2.05) is 0 Å². The van der Waals surface area contributed by atoms with E-state index in [2.05, 4.69) is 20.1 Å². The maximum Gasteiger partial charge on any atom is 0.387 e. The number of nitrogens with zero attached hydrogens (tertiary/aromatic N) is 3. The lowest BCUT2D eigenvalue weighted by atomic mass is 9.93. The molecule has 8 heteroatoms. The number of fused-ring (bicyclic) bond motifs is 1. The molecule has 1 aromatic heterocycles. The highest BCUT2D eigenvalue weighted by atomic mass is 19.3. The maximum atomic E-state index is 13.3. The predicted octanol–water partition coefficient (Wildman–Crippen LogP) is 4.16. The Morgan fingerprint density at radius 2 is 1.88 bits per heavy atom. The molecular weight excluding hydrogens is 345 g/mol. The van der Waals surface area contributed by atoms with E-state index in [1.165, 1.54) is 24.5 Å². The number of alkyl halides is 2. The highest BCUT2D eigenvalue weighted by Crippen LogP contribution is 2.40. The van der Waals surface area contributed by atoms with Gasteiger partial charge in [-0.25, -0.2) is 9.07 Å². The number of para-hydroxylation sites is 1. The van der Waals surface area contributed by atoms with Crippen LogP contribution in [0.15, 0.2) is 54.9 Å². The summed E-state index contributed by atoms with van der Waals surface area (Å²) in [5.41, 5.74) is 1.46. The molecule has 0 fully saturated rings. The van der Waals surface area contributed by atoms with Gasteiger partial charge in [-0.3, -0.25) is 0 Å². The monoisotopic (exact) mass is 360 g/mol. The summed E-state index contributed by atoms with van der Waals surface area (Å²) in [6.07, 6.45) is 1.94. The zero-order chi connectivity index (χ0) is 18.1. The first-order valence-electron chi connectivity index (χ1n) is 8.07. The Labute approximate surface area is 147 Å². The summed E-state index contributed by atoms with van der Waals surface area (Å²) in [6, 6.07) is 12.3. The number of ether oxygens (including phenoxy) is 1. The number of anilines is 1. The summed E-state index contributed by atoms with van der Waals surface area (Å²) >= 11 is 0. The smallest absolute Gasteiger partial charge is 0.387 e. The summed E-state index contributed by atoms with van der Waals surface area (Å²) in [6.45, 7) is -2.91. The molecule has 2 aromatic carbocycles. The molecule has 0 saturated carbocycles. The van der Waals surface area contributed by atoms with Gasteiger partial charge in [0.05, 0.1) is 12.1 Å². The van der Waals surface area contributed by atoms with E-state index in [0.717, 1.165) is 5.56 Å². The van der Waals surface area contributed by atoms with Gasteiger partial charge in [-0.1, -0.05) is 30.3 Å². The molecule has 0 amide bonds. The van der Waals surface area contributed by atoms with Gasteiger partial charge in [-0.2, -0.15) is 18.9 Å². The third-order valence-electron chi connectivity index (χ3n) is 4.40. The number of hydrogen-bond donors (Lipinski definition) is 1.